The van der Waals surface area contributed by atoms with E-state index in [1.54, 1.807) is 6.08 Å². The lowest BCUT2D eigenvalue weighted by atomic mass is 10.00. The number of nitrogens with one attached hydrogen (secondary N) is 1. The first-order chi connectivity index (χ1) is 11.1. The SMILES string of the molecule is C=C/C=C(/Oc1ccc2c(c1)C(C)CC2)C1=C(C)NC(=C)CC1. The summed E-state index contributed by atoms with van der Waals surface area (Å²) in [7, 11) is 0. The molecular formula is C21H25NO. The summed E-state index contributed by atoms with van der Waals surface area (Å²) in [6, 6.07) is 6.50. The summed E-state index contributed by atoms with van der Waals surface area (Å²) in [4.78, 5) is 0. The minimum Gasteiger partial charge on any atom is -0.457 e. The van der Waals surface area contributed by atoms with Crippen LogP contribution in [0.2, 0.25) is 0 Å². The van der Waals surface area contributed by atoms with Gasteiger partial charge >= 0.3 is 0 Å². The third kappa shape index (κ3) is 3.26. The van der Waals surface area contributed by atoms with E-state index in [4.69, 9.17) is 4.74 Å². The molecule has 0 aromatic heterocycles. The zero-order chi connectivity index (χ0) is 16.4. The topological polar surface area (TPSA) is 21.3 Å². The lowest BCUT2D eigenvalue weighted by Crippen LogP contribution is -2.19. The highest BCUT2D eigenvalue weighted by Gasteiger charge is 2.20. The van der Waals surface area contributed by atoms with Crippen LogP contribution >= 0.6 is 0 Å². The summed E-state index contributed by atoms with van der Waals surface area (Å²) in [6.45, 7) is 12.2. The molecule has 1 N–H and O–H groups in total. The fraction of sp³-hybridized carbons (Fsp3) is 0.333. The van der Waals surface area contributed by atoms with Crippen molar-refractivity contribution in [2.75, 3.05) is 0 Å². The van der Waals surface area contributed by atoms with Crippen molar-refractivity contribution < 1.29 is 4.74 Å². The first kappa shape index (κ1) is 15.7. The molecule has 0 amide bonds. The number of ether oxygens (including phenoxy) is 1. The highest BCUT2D eigenvalue weighted by molar-refractivity contribution is 5.44. The summed E-state index contributed by atoms with van der Waals surface area (Å²) in [5.74, 6) is 2.42. The number of aryl methyl sites for hydroxylation is 1. The molecule has 2 nitrogen and oxygen atoms in total. The molecule has 0 radical (unpaired) electrons. The van der Waals surface area contributed by atoms with Crippen LogP contribution in [0.5, 0.6) is 5.75 Å². The molecule has 0 saturated heterocycles. The van der Waals surface area contributed by atoms with E-state index in [0.29, 0.717) is 5.92 Å². The smallest absolute Gasteiger partial charge is 0.132 e. The number of benzene rings is 1. The van der Waals surface area contributed by atoms with Crippen LogP contribution in [0.4, 0.5) is 0 Å². The summed E-state index contributed by atoms with van der Waals surface area (Å²) < 4.78 is 6.24. The van der Waals surface area contributed by atoms with Gasteiger partial charge in [0.05, 0.1) is 0 Å². The van der Waals surface area contributed by atoms with Gasteiger partial charge in [-0.05, 0) is 67.9 Å². The van der Waals surface area contributed by atoms with Gasteiger partial charge in [0, 0.05) is 17.0 Å². The Morgan fingerprint density at radius 1 is 1.30 bits per heavy atom. The zero-order valence-corrected chi connectivity index (χ0v) is 14.1. The molecule has 23 heavy (non-hydrogen) atoms. The van der Waals surface area contributed by atoms with Gasteiger partial charge in [-0.1, -0.05) is 32.2 Å². The van der Waals surface area contributed by atoms with Crippen molar-refractivity contribution in [3.05, 3.63) is 77.4 Å². The van der Waals surface area contributed by atoms with E-state index in [1.807, 2.05) is 6.08 Å². The maximum absolute atomic E-state index is 6.24. The monoisotopic (exact) mass is 307 g/mol. The van der Waals surface area contributed by atoms with Crippen LogP contribution in [0.3, 0.4) is 0 Å². The molecule has 1 aliphatic carbocycles. The van der Waals surface area contributed by atoms with Crippen molar-refractivity contribution in [3.63, 3.8) is 0 Å². The van der Waals surface area contributed by atoms with Gasteiger partial charge in [-0.2, -0.15) is 0 Å². The predicted molar refractivity (Wildman–Crippen MR) is 96.3 cm³/mol. The maximum Gasteiger partial charge on any atom is 0.132 e. The second-order valence-electron chi connectivity index (χ2n) is 6.50. The number of hydrogen-bond donors (Lipinski definition) is 1. The summed E-state index contributed by atoms with van der Waals surface area (Å²) >= 11 is 0. The van der Waals surface area contributed by atoms with Gasteiger partial charge in [-0.3, -0.25) is 0 Å². The van der Waals surface area contributed by atoms with Gasteiger partial charge in [-0.15, -0.1) is 0 Å². The second kappa shape index (κ2) is 6.49. The largest absolute Gasteiger partial charge is 0.457 e. The van der Waals surface area contributed by atoms with Crippen molar-refractivity contribution in [3.8, 4) is 5.75 Å². The lowest BCUT2D eigenvalue weighted by molar-refractivity contribution is 0.426. The molecule has 2 aliphatic rings. The Labute approximate surface area is 139 Å². The summed E-state index contributed by atoms with van der Waals surface area (Å²) in [5.41, 5.74) is 6.27. The number of allylic oxidation sites excluding steroid dienone is 5. The van der Waals surface area contributed by atoms with Crippen LogP contribution in [0.25, 0.3) is 0 Å². The first-order valence-electron chi connectivity index (χ1n) is 8.37. The molecule has 3 rings (SSSR count). The molecule has 2 heteroatoms. The molecule has 0 saturated carbocycles. The van der Waals surface area contributed by atoms with Crippen LogP contribution in [-0.2, 0) is 6.42 Å². The Balaban J connectivity index is 1.88. The average Bonchev–Trinajstić information content (AvgIpc) is 2.88. The first-order valence-corrected chi connectivity index (χ1v) is 8.37. The van der Waals surface area contributed by atoms with Crippen LogP contribution in [-0.4, -0.2) is 0 Å². The van der Waals surface area contributed by atoms with E-state index in [2.05, 4.69) is 50.5 Å². The fourth-order valence-corrected chi connectivity index (χ4v) is 3.46. The predicted octanol–water partition coefficient (Wildman–Crippen LogP) is 5.36. The van der Waals surface area contributed by atoms with Crippen molar-refractivity contribution >= 4 is 0 Å². The average molecular weight is 307 g/mol. The molecule has 1 unspecified atom stereocenters. The van der Waals surface area contributed by atoms with Gasteiger partial charge in [-0.25, -0.2) is 0 Å². The summed E-state index contributed by atoms with van der Waals surface area (Å²) in [5, 5.41) is 3.33. The van der Waals surface area contributed by atoms with E-state index in [0.717, 1.165) is 35.7 Å². The van der Waals surface area contributed by atoms with Crippen LogP contribution in [0.15, 0.2) is 66.2 Å². The molecule has 1 heterocycles. The van der Waals surface area contributed by atoms with Crippen molar-refractivity contribution in [2.24, 2.45) is 0 Å². The number of hydrogen-bond acceptors (Lipinski definition) is 2. The highest BCUT2D eigenvalue weighted by Crippen LogP contribution is 2.36. The third-order valence-corrected chi connectivity index (χ3v) is 4.78. The molecule has 1 aliphatic heterocycles. The van der Waals surface area contributed by atoms with Gasteiger partial charge in [0.15, 0.2) is 0 Å². The Kier molecular flexibility index (Phi) is 4.42. The number of fused-ring (bicyclic) bond motifs is 1. The van der Waals surface area contributed by atoms with Crippen molar-refractivity contribution in [1.29, 1.82) is 0 Å². The Bertz CT molecular complexity index is 709. The van der Waals surface area contributed by atoms with Gasteiger partial charge in [0.2, 0.25) is 0 Å². The van der Waals surface area contributed by atoms with Gasteiger partial charge < -0.3 is 10.1 Å². The van der Waals surface area contributed by atoms with Crippen molar-refractivity contribution in [2.45, 2.75) is 45.4 Å². The van der Waals surface area contributed by atoms with E-state index in [-0.39, 0.29) is 0 Å². The van der Waals surface area contributed by atoms with Crippen molar-refractivity contribution in [1.82, 2.24) is 5.32 Å². The Morgan fingerprint density at radius 2 is 2.13 bits per heavy atom. The minimum absolute atomic E-state index is 0.626. The quantitative estimate of drug-likeness (QED) is 0.597. The van der Waals surface area contributed by atoms with Gasteiger partial charge in [0.1, 0.15) is 11.5 Å². The van der Waals surface area contributed by atoms with Gasteiger partial charge in [0.25, 0.3) is 0 Å². The lowest BCUT2D eigenvalue weighted by Gasteiger charge is -2.23. The van der Waals surface area contributed by atoms with E-state index >= 15 is 0 Å². The molecule has 0 bridgehead atoms. The maximum atomic E-state index is 6.24. The third-order valence-electron chi connectivity index (χ3n) is 4.78. The molecule has 1 aromatic rings. The Hall–Kier alpha value is -2.22. The normalized spacial score (nSPS) is 21.0. The van der Waals surface area contributed by atoms with E-state index in [1.165, 1.54) is 29.5 Å². The highest BCUT2D eigenvalue weighted by atomic mass is 16.5. The standard InChI is InChI=1S/C21H25NO/c1-5-6-21(19-12-8-15(3)22-16(19)4)23-18-11-10-17-9-7-14(2)20(17)13-18/h5-6,10-11,13-14,22H,1,3,7-9,12H2,2,4H3/b21-6+. The molecule has 0 fully saturated rings. The van der Waals surface area contributed by atoms with Crippen LogP contribution in [0, 0.1) is 0 Å². The molecular weight excluding hydrogens is 282 g/mol. The van der Waals surface area contributed by atoms with Crippen LogP contribution < -0.4 is 10.1 Å². The molecule has 120 valence electrons. The molecule has 1 atom stereocenters. The van der Waals surface area contributed by atoms with E-state index < -0.39 is 0 Å². The second-order valence-corrected chi connectivity index (χ2v) is 6.50. The summed E-state index contributed by atoms with van der Waals surface area (Å²) in [6.07, 6.45) is 8.04. The fourth-order valence-electron chi connectivity index (χ4n) is 3.46. The molecule has 0 spiro atoms. The van der Waals surface area contributed by atoms with E-state index in [9.17, 15) is 0 Å². The zero-order valence-electron chi connectivity index (χ0n) is 14.1. The Morgan fingerprint density at radius 3 is 2.87 bits per heavy atom. The molecule has 1 aromatic carbocycles. The number of rotatable bonds is 4. The van der Waals surface area contributed by atoms with Crippen LogP contribution in [0.1, 0.15) is 50.2 Å². The minimum atomic E-state index is 0.626.